The molecular formula is C12H12F4N2O. The number of alkyl halides is 3. The molecule has 1 atom stereocenters. The van der Waals surface area contributed by atoms with E-state index in [9.17, 15) is 22.4 Å². The second-order valence-electron chi connectivity index (χ2n) is 4.46. The maximum absolute atomic E-state index is 13.0. The fourth-order valence-electron chi connectivity index (χ4n) is 2.27. The highest BCUT2D eigenvalue weighted by atomic mass is 19.4. The van der Waals surface area contributed by atoms with E-state index >= 15 is 0 Å². The summed E-state index contributed by atoms with van der Waals surface area (Å²) in [7, 11) is 0. The number of rotatable bonds is 1. The Bertz CT molecular complexity index is 501. The van der Waals surface area contributed by atoms with Gasteiger partial charge in [-0.2, -0.15) is 13.2 Å². The van der Waals surface area contributed by atoms with Gasteiger partial charge in [-0.15, -0.1) is 0 Å². The predicted octanol–water partition coefficient (Wildman–Crippen LogP) is 2.42. The molecule has 104 valence electrons. The first kappa shape index (κ1) is 13.8. The summed E-state index contributed by atoms with van der Waals surface area (Å²) in [4.78, 5) is 11.8. The number of halogens is 4. The minimum absolute atomic E-state index is 0.214. The molecule has 3 nitrogen and oxygen atoms in total. The molecule has 1 amide bonds. The van der Waals surface area contributed by atoms with Crippen LogP contribution in [0.5, 0.6) is 0 Å². The Balaban J connectivity index is 2.47. The quantitative estimate of drug-likeness (QED) is 0.486. The van der Waals surface area contributed by atoms with Crippen LogP contribution in [0, 0.1) is 5.82 Å². The summed E-state index contributed by atoms with van der Waals surface area (Å²) in [5.41, 5.74) is -1.32. The van der Waals surface area contributed by atoms with Gasteiger partial charge in [-0.1, -0.05) is 6.07 Å². The van der Waals surface area contributed by atoms with Gasteiger partial charge in [0.25, 0.3) is 0 Å². The van der Waals surface area contributed by atoms with Gasteiger partial charge in [0.15, 0.2) is 0 Å². The highest BCUT2D eigenvalue weighted by Crippen LogP contribution is 2.38. The van der Waals surface area contributed by atoms with Crippen LogP contribution in [0.3, 0.4) is 0 Å². The van der Waals surface area contributed by atoms with E-state index < -0.39 is 29.4 Å². The minimum Gasteiger partial charge on any atom is -0.280 e. The molecule has 7 heteroatoms. The zero-order valence-electron chi connectivity index (χ0n) is 9.88. The zero-order valence-corrected chi connectivity index (χ0v) is 9.88. The van der Waals surface area contributed by atoms with Gasteiger partial charge >= 0.3 is 6.18 Å². The van der Waals surface area contributed by atoms with Crippen LogP contribution >= 0.6 is 0 Å². The Morgan fingerprint density at radius 1 is 1.32 bits per heavy atom. The fraction of sp³-hybridized carbons (Fsp3) is 0.417. The van der Waals surface area contributed by atoms with Gasteiger partial charge in [-0.3, -0.25) is 9.80 Å². The predicted molar refractivity (Wildman–Crippen MR) is 59.3 cm³/mol. The molecule has 1 saturated heterocycles. The number of hydrazine groups is 1. The molecule has 1 aliphatic rings. The van der Waals surface area contributed by atoms with Crippen molar-refractivity contribution >= 4 is 5.91 Å². The number of hydrogen-bond acceptors (Lipinski definition) is 2. The van der Waals surface area contributed by atoms with E-state index in [2.05, 4.69) is 0 Å². The normalized spacial score (nSPS) is 20.8. The summed E-state index contributed by atoms with van der Waals surface area (Å²) in [6, 6.07) is 2.35. The van der Waals surface area contributed by atoms with Crippen molar-refractivity contribution in [2.45, 2.75) is 24.9 Å². The number of piperidine rings is 1. The first-order valence-electron chi connectivity index (χ1n) is 5.73. The van der Waals surface area contributed by atoms with Crippen LogP contribution in [0.2, 0.25) is 0 Å². The van der Waals surface area contributed by atoms with E-state index in [1.165, 1.54) is 0 Å². The van der Waals surface area contributed by atoms with Crippen molar-refractivity contribution in [3.05, 3.63) is 35.1 Å². The molecule has 1 aromatic carbocycles. The highest BCUT2D eigenvalue weighted by molar-refractivity contribution is 5.84. The summed E-state index contributed by atoms with van der Waals surface area (Å²) < 4.78 is 51.7. The molecule has 2 rings (SSSR count). The average Bonchev–Trinajstić information content (AvgIpc) is 2.32. The van der Waals surface area contributed by atoms with Gasteiger partial charge in [0.05, 0.1) is 11.5 Å². The van der Waals surface area contributed by atoms with Crippen LogP contribution in [-0.4, -0.2) is 17.5 Å². The molecule has 1 aromatic rings. The first-order chi connectivity index (χ1) is 8.80. The smallest absolute Gasteiger partial charge is 0.280 e. The zero-order chi connectivity index (χ0) is 14.2. The topological polar surface area (TPSA) is 46.3 Å². The molecular weight excluding hydrogens is 264 g/mol. The number of hydrogen-bond donors (Lipinski definition) is 1. The number of amides is 1. The van der Waals surface area contributed by atoms with E-state index in [1.54, 1.807) is 0 Å². The molecule has 0 spiro atoms. The Kier molecular flexibility index (Phi) is 3.49. The van der Waals surface area contributed by atoms with Crippen molar-refractivity contribution in [1.29, 1.82) is 0 Å². The molecule has 1 unspecified atom stereocenters. The van der Waals surface area contributed by atoms with E-state index in [4.69, 9.17) is 5.84 Å². The summed E-state index contributed by atoms with van der Waals surface area (Å²) in [6.45, 7) is 0.317. The van der Waals surface area contributed by atoms with Crippen molar-refractivity contribution in [2.75, 3.05) is 6.54 Å². The third-order valence-corrected chi connectivity index (χ3v) is 3.17. The summed E-state index contributed by atoms with van der Waals surface area (Å²) in [6.07, 6.45) is -3.91. The van der Waals surface area contributed by atoms with Crippen LogP contribution in [0.15, 0.2) is 18.2 Å². The SMILES string of the molecule is NN1CCCC(c2ccc(F)cc2C(F)(F)F)C1=O. The van der Waals surface area contributed by atoms with E-state index in [1.807, 2.05) is 0 Å². The van der Waals surface area contributed by atoms with Gasteiger partial charge in [0, 0.05) is 6.54 Å². The molecule has 19 heavy (non-hydrogen) atoms. The number of carbonyl (C=O) groups excluding carboxylic acids is 1. The Labute approximate surface area is 107 Å². The second-order valence-corrected chi connectivity index (χ2v) is 4.46. The Morgan fingerprint density at radius 2 is 2.00 bits per heavy atom. The van der Waals surface area contributed by atoms with Gasteiger partial charge in [0.2, 0.25) is 5.91 Å². The third-order valence-electron chi connectivity index (χ3n) is 3.17. The molecule has 1 aliphatic heterocycles. The maximum Gasteiger partial charge on any atom is 0.416 e. The number of benzene rings is 1. The maximum atomic E-state index is 13.0. The van der Waals surface area contributed by atoms with Crippen molar-refractivity contribution in [2.24, 2.45) is 5.84 Å². The van der Waals surface area contributed by atoms with Crippen molar-refractivity contribution in [3.63, 3.8) is 0 Å². The van der Waals surface area contributed by atoms with Crippen LogP contribution in [-0.2, 0) is 11.0 Å². The standard InChI is InChI=1S/C12H12F4N2O/c13-7-3-4-8(10(6-7)12(14,15)16)9-2-1-5-18(17)11(9)19/h3-4,6,9H,1-2,5,17H2. The lowest BCUT2D eigenvalue weighted by atomic mass is 9.87. The minimum atomic E-state index is -4.70. The summed E-state index contributed by atoms with van der Waals surface area (Å²) in [5.74, 6) is 2.91. The molecule has 0 aromatic heterocycles. The van der Waals surface area contributed by atoms with Crippen LogP contribution in [0.4, 0.5) is 17.6 Å². The molecule has 1 heterocycles. The van der Waals surface area contributed by atoms with Crippen molar-refractivity contribution < 1.29 is 22.4 Å². The van der Waals surface area contributed by atoms with Crippen LogP contribution < -0.4 is 5.84 Å². The number of carbonyl (C=O) groups is 1. The van der Waals surface area contributed by atoms with Crippen molar-refractivity contribution in [1.82, 2.24) is 5.01 Å². The lowest BCUT2D eigenvalue weighted by molar-refractivity contribution is -0.140. The number of nitrogens with two attached hydrogens (primary N) is 1. The average molecular weight is 276 g/mol. The summed E-state index contributed by atoms with van der Waals surface area (Å²) >= 11 is 0. The third kappa shape index (κ3) is 2.70. The van der Waals surface area contributed by atoms with Crippen LogP contribution in [0.1, 0.15) is 29.9 Å². The first-order valence-corrected chi connectivity index (χ1v) is 5.73. The molecule has 0 radical (unpaired) electrons. The summed E-state index contributed by atoms with van der Waals surface area (Å²) in [5, 5.41) is 0.914. The molecule has 0 aliphatic carbocycles. The monoisotopic (exact) mass is 276 g/mol. The fourth-order valence-corrected chi connectivity index (χ4v) is 2.27. The Morgan fingerprint density at radius 3 is 2.63 bits per heavy atom. The van der Waals surface area contributed by atoms with Crippen molar-refractivity contribution in [3.8, 4) is 0 Å². The largest absolute Gasteiger partial charge is 0.416 e. The highest BCUT2D eigenvalue weighted by Gasteiger charge is 2.39. The molecule has 0 bridgehead atoms. The number of nitrogens with zero attached hydrogens (tertiary/aromatic N) is 1. The molecule has 1 fully saturated rings. The van der Waals surface area contributed by atoms with E-state index in [-0.39, 0.29) is 12.0 Å². The Hall–Kier alpha value is -1.63. The lowest BCUT2D eigenvalue weighted by Gasteiger charge is -2.30. The second kappa shape index (κ2) is 4.80. The lowest BCUT2D eigenvalue weighted by Crippen LogP contribution is -2.45. The van der Waals surface area contributed by atoms with Gasteiger partial charge < -0.3 is 0 Å². The molecule has 0 saturated carbocycles. The van der Waals surface area contributed by atoms with Crippen LogP contribution in [0.25, 0.3) is 0 Å². The molecule has 2 N–H and O–H groups in total. The van der Waals surface area contributed by atoms with E-state index in [0.29, 0.717) is 19.0 Å². The van der Waals surface area contributed by atoms with Gasteiger partial charge in [-0.05, 0) is 30.5 Å². The van der Waals surface area contributed by atoms with E-state index in [0.717, 1.165) is 17.1 Å². The van der Waals surface area contributed by atoms with Gasteiger partial charge in [0.1, 0.15) is 5.82 Å². The van der Waals surface area contributed by atoms with Gasteiger partial charge in [-0.25, -0.2) is 10.2 Å².